The summed E-state index contributed by atoms with van der Waals surface area (Å²) in [6, 6.07) is 4.00. The lowest BCUT2D eigenvalue weighted by Crippen LogP contribution is -2.29. The first kappa shape index (κ1) is 13.5. The fourth-order valence-corrected chi connectivity index (χ4v) is 2.99. The molecule has 2 aromatic rings. The summed E-state index contributed by atoms with van der Waals surface area (Å²) >= 11 is 3.67. The maximum absolute atomic E-state index is 4.19. The Bertz CT molecular complexity index is 618. The van der Waals surface area contributed by atoms with E-state index in [1.807, 2.05) is 18.5 Å². The van der Waals surface area contributed by atoms with Crippen LogP contribution in [-0.2, 0) is 6.54 Å². The smallest absolute Gasteiger partial charge is 0.0710 e. The molecule has 0 fully saturated rings. The normalized spacial score (nSPS) is 16.7. The molecular formula is C15H17BrN4. The summed E-state index contributed by atoms with van der Waals surface area (Å²) in [5.74, 6) is 0. The van der Waals surface area contributed by atoms with E-state index in [9.17, 15) is 0 Å². The van der Waals surface area contributed by atoms with E-state index in [2.05, 4.69) is 49.0 Å². The van der Waals surface area contributed by atoms with Crippen molar-refractivity contribution in [1.82, 2.24) is 20.1 Å². The molecule has 0 spiro atoms. The average molecular weight is 333 g/mol. The maximum atomic E-state index is 4.19. The highest BCUT2D eigenvalue weighted by molar-refractivity contribution is 9.11. The molecule has 0 atom stereocenters. The van der Waals surface area contributed by atoms with Gasteiger partial charge in [-0.25, -0.2) is 0 Å². The third-order valence-electron chi connectivity index (χ3n) is 3.69. The van der Waals surface area contributed by atoms with Crippen LogP contribution in [0.5, 0.6) is 0 Å². The second-order valence-corrected chi connectivity index (χ2v) is 6.12. The zero-order chi connectivity index (χ0) is 13.9. The molecule has 0 saturated carbocycles. The predicted octanol–water partition coefficient (Wildman–Crippen LogP) is 3.35. The Balaban J connectivity index is 1.78. The lowest BCUT2D eigenvalue weighted by atomic mass is 10.1. The quantitative estimate of drug-likeness (QED) is 0.937. The van der Waals surface area contributed by atoms with E-state index in [0.717, 1.165) is 37.3 Å². The molecular weight excluding hydrogens is 316 g/mol. The zero-order valence-electron chi connectivity index (χ0n) is 11.4. The van der Waals surface area contributed by atoms with E-state index in [1.54, 1.807) is 6.20 Å². The first-order valence-corrected chi connectivity index (χ1v) is 7.52. The molecule has 3 heterocycles. The highest BCUT2D eigenvalue weighted by Crippen LogP contribution is 2.26. The minimum absolute atomic E-state index is 0.906. The van der Waals surface area contributed by atoms with Crippen LogP contribution in [0.1, 0.15) is 18.9 Å². The van der Waals surface area contributed by atoms with Gasteiger partial charge in [0.1, 0.15) is 0 Å². The van der Waals surface area contributed by atoms with Crippen molar-refractivity contribution in [2.45, 2.75) is 19.9 Å². The second-order valence-electron chi connectivity index (χ2n) is 5.16. The first-order chi connectivity index (χ1) is 9.74. The van der Waals surface area contributed by atoms with Gasteiger partial charge in [0, 0.05) is 47.6 Å². The molecule has 0 bridgehead atoms. The van der Waals surface area contributed by atoms with Crippen molar-refractivity contribution in [3.05, 3.63) is 46.3 Å². The summed E-state index contributed by atoms with van der Waals surface area (Å²) in [7, 11) is 0. The highest BCUT2D eigenvalue weighted by Gasteiger charge is 2.17. The zero-order valence-corrected chi connectivity index (χ0v) is 13.0. The molecule has 1 N–H and O–H groups in total. The Hall–Kier alpha value is -1.46. The first-order valence-electron chi connectivity index (χ1n) is 6.73. The Morgan fingerprint density at radius 1 is 1.40 bits per heavy atom. The summed E-state index contributed by atoms with van der Waals surface area (Å²) in [4.78, 5) is 6.61. The minimum atomic E-state index is 0.906. The molecule has 3 rings (SSSR count). The summed E-state index contributed by atoms with van der Waals surface area (Å²) in [6.45, 7) is 5.17. The summed E-state index contributed by atoms with van der Waals surface area (Å²) in [5.41, 5.74) is 4.84. The third kappa shape index (κ3) is 2.83. The third-order valence-corrected chi connectivity index (χ3v) is 4.62. The van der Waals surface area contributed by atoms with Gasteiger partial charge in [-0.1, -0.05) is 21.5 Å². The van der Waals surface area contributed by atoms with E-state index >= 15 is 0 Å². The number of pyridine rings is 1. The topological polar surface area (TPSA) is 44.8 Å². The number of rotatable bonds is 3. The van der Waals surface area contributed by atoms with Crippen LogP contribution in [-0.4, -0.2) is 33.2 Å². The average Bonchev–Trinajstić information content (AvgIpc) is 2.92. The molecule has 5 heteroatoms. The van der Waals surface area contributed by atoms with Crippen LogP contribution in [0.25, 0.3) is 11.3 Å². The van der Waals surface area contributed by atoms with Gasteiger partial charge in [0.15, 0.2) is 0 Å². The Morgan fingerprint density at radius 3 is 3.05 bits per heavy atom. The van der Waals surface area contributed by atoms with Gasteiger partial charge in [-0.15, -0.1) is 0 Å². The van der Waals surface area contributed by atoms with E-state index in [0.29, 0.717) is 0 Å². The molecule has 0 saturated heterocycles. The van der Waals surface area contributed by atoms with E-state index in [1.165, 1.54) is 15.6 Å². The largest absolute Gasteiger partial charge is 0.294 e. The minimum Gasteiger partial charge on any atom is -0.294 e. The van der Waals surface area contributed by atoms with Gasteiger partial charge in [-0.2, -0.15) is 5.10 Å². The van der Waals surface area contributed by atoms with Crippen molar-refractivity contribution < 1.29 is 0 Å². The predicted molar refractivity (Wildman–Crippen MR) is 83.3 cm³/mol. The van der Waals surface area contributed by atoms with Gasteiger partial charge < -0.3 is 0 Å². The Kier molecular flexibility index (Phi) is 3.98. The molecule has 0 radical (unpaired) electrons. The number of H-pyrrole nitrogens is 1. The molecule has 20 heavy (non-hydrogen) atoms. The number of aromatic nitrogens is 3. The standard InChI is InChI=1S/C15H17BrN4/c1-11-4-6-20(10-14(11)16)9-13-8-18-19-15(13)12-3-2-5-17-7-12/h2-3,5,7-8H,4,6,9-10H2,1H3,(H,18,19). The summed E-state index contributed by atoms with van der Waals surface area (Å²) in [6.07, 6.45) is 6.70. The molecule has 104 valence electrons. The van der Waals surface area contributed by atoms with Crippen LogP contribution in [0.15, 0.2) is 40.8 Å². The van der Waals surface area contributed by atoms with Crippen molar-refractivity contribution in [2.24, 2.45) is 0 Å². The fraction of sp³-hybridized carbons (Fsp3) is 0.333. The van der Waals surface area contributed by atoms with Gasteiger partial charge in [0.25, 0.3) is 0 Å². The van der Waals surface area contributed by atoms with Gasteiger partial charge in [-0.3, -0.25) is 15.0 Å². The maximum Gasteiger partial charge on any atom is 0.0710 e. The van der Waals surface area contributed by atoms with Crippen LogP contribution in [0.2, 0.25) is 0 Å². The number of hydrogen-bond donors (Lipinski definition) is 1. The van der Waals surface area contributed by atoms with Gasteiger partial charge in [0.05, 0.1) is 11.9 Å². The van der Waals surface area contributed by atoms with Crippen LogP contribution in [0, 0.1) is 0 Å². The van der Waals surface area contributed by atoms with E-state index in [4.69, 9.17) is 0 Å². The van der Waals surface area contributed by atoms with Gasteiger partial charge in [0.2, 0.25) is 0 Å². The number of nitrogens with one attached hydrogen (secondary N) is 1. The second kappa shape index (κ2) is 5.89. The lowest BCUT2D eigenvalue weighted by Gasteiger charge is -2.27. The van der Waals surface area contributed by atoms with Crippen molar-refractivity contribution in [2.75, 3.05) is 13.1 Å². The summed E-state index contributed by atoms with van der Waals surface area (Å²) < 4.78 is 1.31. The summed E-state index contributed by atoms with van der Waals surface area (Å²) in [5, 5.41) is 7.29. The van der Waals surface area contributed by atoms with Crippen molar-refractivity contribution in [1.29, 1.82) is 0 Å². The van der Waals surface area contributed by atoms with Crippen LogP contribution >= 0.6 is 15.9 Å². The molecule has 1 aliphatic heterocycles. The van der Waals surface area contributed by atoms with Crippen LogP contribution < -0.4 is 0 Å². The van der Waals surface area contributed by atoms with E-state index < -0.39 is 0 Å². The Morgan fingerprint density at radius 2 is 2.30 bits per heavy atom. The van der Waals surface area contributed by atoms with Gasteiger partial charge in [-0.05, 0) is 25.5 Å². The van der Waals surface area contributed by atoms with Gasteiger partial charge >= 0.3 is 0 Å². The number of halogens is 1. The highest BCUT2D eigenvalue weighted by atomic mass is 79.9. The van der Waals surface area contributed by atoms with Crippen molar-refractivity contribution in [3.8, 4) is 11.3 Å². The van der Waals surface area contributed by atoms with Crippen LogP contribution in [0.4, 0.5) is 0 Å². The van der Waals surface area contributed by atoms with E-state index in [-0.39, 0.29) is 0 Å². The lowest BCUT2D eigenvalue weighted by molar-refractivity contribution is 0.284. The SMILES string of the molecule is CC1=C(Br)CN(Cc2cn[nH]c2-c2cccnc2)CC1. The number of hydrogen-bond acceptors (Lipinski definition) is 3. The molecule has 0 amide bonds. The van der Waals surface area contributed by atoms with Crippen molar-refractivity contribution >= 4 is 15.9 Å². The van der Waals surface area contributed by atoms with Crippen LogP contribution in [0.3, 0.4) is 0 Å². The number of aromatic amines is 1. The number of nitrogens with zero attached hydrogens (tertiary/aromatic N) is 3. The monoisotopic (exact) mass is 332 g/mol. The fourth-order valence-electron chi connectivity index (χ4n) is 2.44. The molecule has 0 aromatic carbocycles. The Labute approximate surface area is 127 Å². The molecule has 4 nitrogen and oxygen atoms in total. The molecule has 1 aliphatic rings. The van der Waals surface area contributed by atoms with Crippen molar-refractivity contribution in [3.63, 3.8) is 0 Å². The molecule has 0 unspecified atom stereocenters. The molecule has 2 aromatic heterocycles. The molecule has 0 aliphatic carbocycles.